The van der Waals surface area contributed by atoms with Crippen LogP contribution >= 0.6 is 12.4 Å². The molecule has 1 aromatic carbocycles. The first-order chi connectivity index (χ1) is 11.3. The maximum absolute atomic E-state index is 13.3. The van der Waals surface area contributed by atoms with Gasteiger partial charge in [-0.05, 0) is 50.4 Å². The Morgan fingerprint density at radius 3 is 2.58 bits per heavy atom. The molecular weight excluding hydrogens is 322 g/mol. The summed E-state index contributed by atoms with van der Waals surface area (Å²) in [5.74, 6) is 0.948. The third kappa shape index (κ3) is 2.35. The van der Waals surface area contributed by atoms with Crippen molar-refractivity contribution in [1.29, 1.82) is 0 Å². The predicted molar refractivity (Wildman–Crippen MR) is 97.8 cm³/mol. The lowest BCUT2D eigenvalue weighted by Gasteiger charge is -2.49. The van der Waals surface area contributed by atoms with E-state index in [2.05, 4.69) is 32.7 Å². The Hall–Kier alpha value is -1.52. The van der Waals surface area contributed by atoms with Gasteiger partial charge in [-0.1, -0.05) is 12.1 Å². The number of carbonyl (C=O) groups excluding carboxylic acids is 1. The van der Waals surface area contributed by atoms with Crippen LogP contribution in [0.3, 0.4) is 0 Å². The number of carbonyl (C=O) groups is 1. The van der Waals surface area contributed by atoms with E-state index in [0.29, 0.717) is 12.0 Å². The molecule has 0 saturated carbocycles. The average Bonchev–Trinajstić information content (AvgIpc) is 3.01. The molecule has 1 aromatic heterocycles. The summed E-state index contributed by atoms with van der Waals surface area (Å²) in [6.45, 7) is 5.42. The van der Waals surface area contributed by atoms with Gasteiger partial charge in [0.2, 0.25) is 0 Å². The number of hydrogen-bond acceptors (Lipinski definition) is 2. The molecule has 24 heavy (non-hydrogen) atoms. The molecule has 1 atom stereocenters. The van der Waals surface area contributed by atoms with Gasteiger partial charge in [0.15, 0.2) is 0 Å². The minimum atomic E-state index is 0. The van der Waals surface area contributed by atoms with Crippen LogP contribution in [0.25, 0.3) is 10.9 Å². The predicted octanol–water partition coefficient (Wildman–Crippen LogP) is 3.00. The Balaban J connectivity index is 0.00000146. The number of piperidine rings is 3. The van der Waals surface area contributed by atoms with Gasteiger partial charge in [0.25, 0.3) is 5.91 Å². The minimum absolute atomic E-state index is 0. The molecule has 5 heteroatoms. The van der Waals surface area contributed by atoms with Gasteiger partial charge < -0.3 is 14.4 Å². The summed E-state index contributed by atoms with van der Waals surface area (Å²) in [6.07, 6.45) is 5.70. The Morgan fingerprint density at radius 2 is 1.83 bits per heavy atom. The number of amides is 1. The first-order valence-electron chi connectivity index (χ1n) is 8.92. The first-order valence-corrected chi connectivity index (χ1v) is 8.92. The van der Waals surface area contributed by atoms with Crippen LogP contribution in [0.2, 0.25) is 0 Å². The maximum Gasteiger partial charge on any atom is 0.256 e. The molecule has 0 N–H and O–H groups in total. The van der Waals surface area contributed by atoms with E-state index >= 15 is 0 Å². The Morgan fingerprint density at radius 1 is 1.00 bits per heavy atom. The number of hydrogen-bond donors (Lipinski definition) is 0. The van der Waals surface area contributed by atoms with Crippen molar-refractivity contribution in [2.75, 3.05) is 26.2 Å². The molecule has 2 aromatic rings. The van der Waals surface area contributed by atoms with Crippen molar-refractivity contribution in [3.8, 4) is 0 Å². The lowest BCUT2D eigenvalue weighted by molar-refractivity contribution is 0.00658. The van der Waals surface area contributed by atoms with E-state index in [1.807, 2.05) is 12.1 Å². The zero-order valence-corrected chi connectivity index (χ0v) is 14.7. The van der Waals surface area contributed by atoms with E-state index in [0.717, 1.165) is 37.1 Å². The number of aryl methyl sites for hydroxylation is 1. The highest BCUT2D eigenvalue weighted by molar-refractivity contribution is 6.06. The number of nitrogens with zero attached hydrogens (tertiary/aromatic N) is 3. The third-order valence-corrected chi connectivity index (χ3v) is 6.10. The molecule has 1 amide bonds. The van der Waals surface area contributed by atoms with Gasteiger partial charge in [-0.15, -0.1) is 12.4 Å². The molecule has 0 aliphatic carbocycles. The van der Waals surface area contributed by atoms with Crippen LogP contribution in [0.15, 0.2) is 30.5 Å². The van der Waals surface area contributed by atoms with Crippen LogP contribution in [0.1, 0.15) is 29.6 Å². The molecule has 128 valence electrons. The summed E-state index contributed by atoms with van der Waals surface area (Å²) in [7, 11) is 0. The smallest absolute Gasteiger partial charge is 0.256 e. The average molecular weight is 346 g/mol. The van der Waals surface area contributed by atoms with Gasteiger partial charge in [0.05, 0.1) is 11.1 Å². The normalized spacial score (nSPS) is 29.2. The third-order valence-electron chi connectivity index (χ3n) is 6.10. The van der Waals surface area contributed by atoms with Crippen molar-refractivity contribution < 1.29 is 4.79 Å². The van der Waals surface area contributed by atoms with E-state index in [9.17, 15) is 4.79 Å². The molecule has 0 radical (unpaired) electrons. The number of benzene rings is 1. The van der Waals surface area contributed by atoms with Crippen molar-refractivity contribution in [3.05, 3.63) is 36.0 Å². The van der Waals surface area contributed by atoms with Crippen molar-refractivity contribution in [3.63, 3.8) is 0 Å². The molecule has 5 heterocycles. The highest BCUT2D eigenvalue weighted by Crippen LogP contribution is 2.33. The van der Waals surface area contributed by atoms with Gasteiger partial charge in [-0.2, -0.15) is 0 Å². The van der Waals surface area contributed by atoms with Crippen LogP contribution in [-0.4, -0.2) is 52.5 Å². The lowest BCUT2D eigenvalue weighted by atomic mass is 9.82. The zero-order valence-electron chi connectivity index (χ0n) is 13.9. The largest absolute Gasteiger partial charge is 0.347 e. The number of rotatable bonds is 1. The number of para-hydroxylation sites is 1. The van der Waals surface area contributed by atoms with Crippen molar-refractivity contribution >= 4 is 29.2 Å². The van der Waals surface area contributed by atoms with Gasteiger partial charge in [-0.25, -0.2) is 0 Å². The molecule has 0 spiro atoms. The molecule has 6 rings (SSSR count). The SMILES string of the molecule is Cl.O=C1c2cccc3ccn(c23)CCCN1[C@H]1CN2CCC1CC2. The molecule has 4 nitrogen and oxygen atoms in total. The lowest BCUT2D eigenvalue weighted by Crippen LogP contribution is -2.59. The van der Waals surface area contributed by atoms with Crippen LogP contribution in [0, 0.1) is 5.92 Å². The zero-order chi connectivity index (χ0) is 15.4. The molecule has 4 aliphatic rings. The second-order valence-corrected chi connectivity index (χ2v) is 7.31. The van der Waals surface area contributed by atoms with Crippen LogP contribution in [0.5, 0.6) is 0 Å². The van der Waals surface area contributed by atoms with Crippen LogP contribution in [-0.2, 0) is 6.54 Å². The maximum atomic E-state index is 13.3. The fourth-order valence-corrected chi connectivity index (χ4v) is 4.89. The van der Waals surface area contributed by atoms with Crippen molar-refractivity contribution in [2.24, 2.45) is 5.92 Å². The molecule has 3 saturated heterocycles. The molecule has 4 aliphatic heterocycles. The van der Waals surface area contributed by atoms with Gasteiger partial charge in [0, 0.05) is 37.3 Å². The molecule has 2 bridgehead atoms. The summed E-state index contributed by atoms with van der Waals surface area (Å²) in [4.78, 5) is 18.1. The second kappa shape index (κ2) is 6.08. The number of halogens is 1. The van der Waals surface area contributed by atoms with Crippen LogP contribution < -0.4 is 0 Å². The number of aromatic nitrogens is 1. The fourth-order valence-electron chi connectivity index (χ4n) is 4.89. The first kappa shape index (κ1) is 16.0. The molecular formula is C19H24ClN3O. The monoisotopic (exact) mass is 345 g/mol. The van der Waals surface area contributed by atoms with Crippen LogP contribution in [0.4, 0.5) is 0 Å². The summed E-state index contributed by atoms with van der Waals surface area (Å²) in [5, 5.41) is 1.19. The van der Waals surface area contributed by atoms with E-state index < -0.39 is 0 Å². The summed E-state index contributed by atoms with van der Waals surface area (Å²) < 4.78 is 2.26. The van der Waals surface area contributed by atoms with Gasteiger partial charge in [0.1, 0.15) is 0 Å². The summed E-state index contributed by atoms with van der Waals surface area (Å²) >= 11 is 0. The Bertz CT molecular complexity index is 763. The van der Waals surface area contributed by atoms with Gasteiger partial charge >= 0.3 is 0 Å². The summed E-state index contributed by atoms with van der Waals surface area (Å²) in [6, 6.07) is 8.71. The summed E-state index contributed by atoms with van der Waals surface area (Å²) in [5.41, 5.74) is 2.02. The number of fused-ring (bicyclic) bond motifs is 3. The van der Waals surface area contributed by atoms with Gasteiger partial charge in [-0.3, -0.25) is 4.79 Å². The van der Waals surface area contributed by atoms with E-state index in [1.165, 1.54) is 31.3 Å². The van der Waals surface area contributed by atoms with E-state index in [1.54, 1.807) is 0 Å². The molecule has 0 unspecified atom stereocenters. The van der Waals surface area contributed by atoms with E-state index in [-0.39, 0.29) is 18.3 Å². The highest BCUT2D eigenvalue weighted by atomic mass is 35.5. The standard InChI is InChI=1S/C19H23N3O.ClH/c23-19-16-4-1-3-15-7-12-21(18(15)16)8-2-9-22(19)17-13-20-10-5-14(17)6-11-20;/h1,3-4,7,12,14,17H,2,5-6,8-11,13H2;1H/t17-;/m0./s1. The minimum Gasteiger partial charge on any atom is -0.347 e. The van der Waals surface area contributed by atoms with E-state index in [4.69, 9.17) is 0 Å². The topological polar surface area (TPSA) is 28.5 Å². The fraction of sp³-hybridized carbons (Fsp3) is 0.526. The van der Waals surface area contributed by atoms with Crippen molar-refractivity contribution in [1.82, 2.24) is 14.4 Å². The second-order valence-electron chi connectivity index (χ2n) is 7.31. The quantitative estimate of drug-likeness (QED) is 0.795. The Kier molecular flexibility index (Phi) is 4.05. The molecule has 3 fully saturated rings. The highest BCUT2D eigenvalue weighted by Gasteiger charge is 2.40. The Labute approximate surface area is 148 Å². The van der Waals surface area contributed by atoms with Crippen molar-refractivity contribution in [2.45, 2.75) is 31.8 Å².